The van der Waals surface area contributed by atoms with Crippen molar-refractivity contribution >= 4 is 11.9 Å². The summed E-state index contributed by atoms with van der Waals surface area (Å²) in [6.07, 6.45) is 0.640. The average Bonchev–Trinajstić information content (AvgIpc) is 3.21. The molecule has 3 aliphatic heterocycles. The molecule has 0 saturated carbocycles. The Morgan fingerprint density at radius 3 is 2.62 bits per heavy atom. The van der Waals surface area contributed by atoms with Gasteiger partial charge in [-0.2, -0.15) is 0 Å². The van der Waals surface area contributed by atoms with Gasteiger partial charge in [-0.25, -0.2) is 4.79 Å². The van der Waals surface area contributed by atoms with Gasteiger partial charge in [-0.3, -0.25) is 4.79 Å². The topological polar surface area (TPSA) is 94.5 Å². The molecule has 0 radical (unpaired) electrons. The van der Waals surface area contributed by atoms with E-state index in [4.69, 9.17) is 18.9 Å². The van der Waals surface area contributed by atoms with Crippen LogP contribution in [0.3, 0.4) is 0 Å². The van der Waals surface area contributed by atoms with Crippen LogP contribution in [0.15, 0.2) is 24.3 Å². The van der Waals surface area contributed by atoms with Gasteiger partial charge in [-0.15, -0.1) is 0 Å². The third-order valence-electron chi connectivity index (χ3n) is 6.01. The molecule has 0 bridgehead atoms. The van der Waals surface area contributed by atoms with Crippen molar-refractivity contribution in [1.82, 2.24) is 4.90 Å². The zero-order valence-corrected chi connectivity index (χ0v) is 16.0. The highest BCUT2D eigenvalue weighted by atomic mass is 16.7. The van der Waals surface area contributed by atoms with Gasteiger partial charge in [0.15, 0.2) is 28.5 Å². The monoisotopic (exact) mass is 397 g/mol. The summed E-state index contributed by atoms with van der Waals surface area (Å²) < 4.78 is 21.7. The van der Waals surface area contributed by atoms with Crippen molar-refractivity contribution in [3.05, 3.63) is 46.5 Å². The molecule has 0 spiro atoms. The number of fused-ring (bicyclic) bond motifs is 6. The van der Waals surface area contributed by atoms with E-state index >= 15 is 0 Å². The minimum Gasteiger partial charge on any atom is -0.493 e. The molecule has 8 heteroatoms. The number of methoxy groups -OCH3 is 2. The van der Waals surface area contributed by atoms with E-state index in [1.165, 1.54) is 19.1 Å². The van der Waals surface area contributed by atoms with Crippen LogP contribution in [0.4, 0.5) is 0 Å². The van der Waals surface area contributed by atoms with Gasteiger partial charge >= 0.3 is 5.97 Å². The first-order chi connectivity index (χ1) is 14.0. The Balaban J connectivity index is 1.75. The van der Waals surface area contributed by atoms with Crippen molar-refractivity contribution in [3.63, 3.8) is 0 Å². The van der Waals surface area contributed by atoms with Crippen LogP contribution < -0.4 is 18.9 Å². The maximum Gasteiger partial charge on any atom is 0.334 e. The molecule has 1 atom stereocenters. The van der Waals surface area contributed by atoms with Gasteiger partial charge in [0.05, 0.1) is 19.8 Å². The van der Waals surface area contributed by atoms with E-state index in [1.54, 1.807) is 24.3 Å². The van der Waals surface area contributed by atoms with Crippen LogP contribution in [0.5, 0.6) is 23.0 Å². The van der Waals surface area contributed by atoms with Crippen LogP contribution in [0.2, 0.25) is 0 Å². The number of carboxylic acids is 1. The zero-order chi connectivity index (χ0) is 20.3. The molecule has 0 aromatic heterocycles. The first kappa shape index (κ1) is 17.7. The maximum atomic E-state index is 13.5. The lowest BCUT2D eigenvalue weighted by molar-refractivity contribution is -0.151. The van der Waals surface area contributed by atoms with E-state index in [0.29, 0.717) is 46.1 Å². The van der Waals surface area contributed by atoms with Crippen molar-refractivity contribution in [2.75, 3.05) is 27.6 Å². The van der Waals surface area contributed by atoms with E-state index in [1.807, 2.05) is 0 Å². The van der Waals surface area contributed by atoms with Crippen LogP contribution in [0.1, 0.15) is 27.0 Å². The fourth-order valence-electron chi connectivity index (χ4n) is 4.66. The number of hydrogen-bond acceptors (Lipinski definition) is 6. The van der Waals surface area contributed by atoms with Crippen molar-refractivity contribution in [2.45, 2.75) is 18.4 Å². The fraction of sp³-hybridized carbons (Fsp3) is 0.333. The Kier molecular flexibility index (Phi) is 3.68. The summed E-state index contributed by atoms with van der Waals surface area (Å²) in [5.74, 6) is 0.413. The second kappa shape index (κ2) is 6.04. The van der Waals surface area contributed by atoms with Crippen LogP contribution in [-0.4, -0.2) is 49.4 Å². The van der Waals surface area contributed by atoms with Crippen molar-refractivity contribution in [1.29, 1.82) is 0 Å². The first-order valence-electron chi connectivity index (χ1n) is 9.23. The summed E-state index contributed by atoms with van der Waals surface area (Å²) in [5.41, 5.74) is 0.871. The van der Waals surface area contributed by atoms with E-state index in [-0.39, 0.29) is 25.7 Å². The Hall–Kier alpha value is -3.42. The molecule has 8 nitrogen and oxygen atoms in total. The number of carbonyl (C=O) groups excluding carboxylic acids is 1. The van der Waals surface area contributed by atoms with Crippen molar-refractivity contribution in [2.24, 2.45) is 0 Å². The van der Waals surface area contributed by atoms with E-state index in [2.05, 4.69) is 0 Å². The smallest absolute Gasteiger partial charge is 0.334 e. The summed E-state index contributed by atoms with van der Waals surface area (Å²) >= 11 is 0. The molecule has 2 aromatic rings. The predicted molar refractivity (Wildman–Crippen MR) is 99.9 cm³/mol. The highest BCUT2D eigenvalue weighted by Crippen LogP contribution is 2.50. The zero-order valence-electron chi connectivity index (χ0n) is 16.0. The Bertz CT molecular complexity index is 1060. The molecule has 0 fully saturated rings. The number of hydrogen-bond donors (Lipinski definition) is 1. The molecule has 2 aromatic carbocycles. The van der Waals surface area contributed by atoms with Gasteiger partial charge in [0.1, 0.15) is 0 Å². The molecule has 0 aliphatic carbocycles. The van der Waals surface area contributed by atoms with Crippen molar-refractivity contribution in [3.8, 4) is 23.0 Å². The number of nitrogens with zero attached hydrogens (tertiary/aromatic N) is 1. The predicted octanol–water partition coefficient (Wildman–Crippen LogP) is 1.97. The lowest BCUT2D eigenvalue weighted by atomic mass is 9.72. The van der Waals surface area contributed by atoms with Gasteiger partial charge in [0.25, 0.3) is 5.91 Å². The summed E-state index contributed by atoms with van der Waals surface area (Å²) in [5, 5.41) is 10.4. The van der Waals surface area contributed by atoms with Crippen LogP contribution in [0, 0.1) is 0 Å². The third kappa shape index (κ3) is 2.19. The van der Waals surface area contributed by atoms with E-state index < -0.39 is 11.5 Å². The number of carbonyl (C=O) groups is 2. The van der Waals surface area contributed by atoms with Gasteiger partial charge in [-0.1, -0.05) is 6.07 Å². The van der Waals surface area contributed by atoms with E-state index in [9.17, 15) is 14.7 Å². The minimum absolute atomic E-state index is 0.0446. The molecule has 29 heavy (non-hydrogen) atoms. The molecule has 150 valence electrons. The minimum atomic E-state index is -1.52. The lowest BCUT2D eigenvalue weighted by Gasteiger charge is -2.48. The summed E-state index contributed by atoms with van der Waals surface area (Å²) in [6, 6.07) is 6.95. The quantitative estimate of drug-likeness (QED) is 0.846. The first-order valence-corrected chi connectivity index (χ1v) is 9.23. The largest absolute Gasteiger partial charge is 0.493 e. The van der Waals surface area contributed by atoms with Gasteiger partial charge < -0.3 is 29.0 Å². The Morgan fingerprint density at radius 2 is 1.90 bits per heavy atom. The van der Waals surface area contributed by atoms with Gasteiger partial charge in [0.2, 0.25) is 6.79 Å². The second-order valence-electron chi connectivity index (χ2n) is 7.25. The van der Waals surface area contributed by atoms with Gasteiger partial charge in [-0.05, 0) is 41.3 Å². The highest BCUT2D eigenvalue weighted by Gasteiger charge is 2.56. The number of benzene rings is 2. The number of carboxylic acid groups (broad SMARTS) is 1. The molecule has 1 amide bonds. The normalized spacial score (nSPS) is 21.2. The average molecular weight is 397 g/mol. The molecular weight excluding hydrogens is 378 g/mol. The lowest BCUT2D eigenvalue weighted by Crippen LogP contribution is -2.61. The standard InChI is InChI=1S/C21H19NO7/c1-26-15-7-11-5-6-22-19(23)17-12(3-4-14-18(17)29-10-28-14)9-21(22,20(24)25)13(11)8-16(15)27-2/h3-4,7-8H,5-6,9-10H2,1-2H3,(H,24,25). The van der Waals surface area contributed by atoms with Crippen LogP contribution >= 0.6 is 0 Å². The highest BCUT2D eigenvalue weighted by molar-refractivity contribution is 6.05. The Morgan fingerprint density at radius 1 is 1.14 bits per heavy atom. The molecule has 1 N–H and O–H groups in total. The SMILES string of the molecule is COc1cc2c(cc1OC)C1(C(=O)O)Cc3ccc4c(c3C(=O)N1CC2)OCO4. The summed E-state index contributed by atoms with van der Waals surface area (Å²) in [7, 11) is 3.04. The number of ether oxygens (including phenoxy) is 4. The molecule has 3 aliphatic rings. The molecule has 3 heterocycles. The molecule has 1 unspecified atom stereocenters. The second-order valence-corrected chi connectivity index (χ2v) is 7.25. The van der Waals surface area contributed by atoms with Crippen molar-refractivity contribution < 1.29 is 33.6 Å². The number of amides is 1. The number of aliphatic carboxylic acids is 1. The van der Waals surface area contributed by atoms with Crippen LogP contribution in [-0.2, 0) is 23.2 Å². The molecular formula is C21H19NO7. The molecule has 0 saturated heterocycles. The third-order valence-corrected chi connectivity index (χ3v) is 6.01. The molecule has 5 rings (SSSR count). The summed E-state index contributed by atoms with van der Waals surface area (Å²) in [6.45, 7) is 0.320. The maximum absolute atomic E-state index is 13.5. The van der Waals surface area contributed by atoms with E-state index in [0.717, 1.165) is 5.56 Å². The fourth-order valence-corrected chi connectivity index (χ4v) is 4.66. The summed E-state index contributed by atoms with van der Waals surface area (Å²) in [4.78, 5) is 27.6. The Labute approximate surface area is 166 Å². The van der Waals surface area contributed by atoms with Gasteiger partial charge in [0, 0.05) is 13.0 Å². The van der Waals surface area contributed by atoms with Crippen LogP contribution in [0.25, 0.3) is 0 Å². The number of rotatable bonds is 3.